The predicted molar refractivity (Wildman–Crippen MR) is 98.0 cm³/mol. The number of anilines is 2. The largest absolute Gasteiger partial charge is 0.324 e. The third-order valence-corrected chi connectivity index (χ3v) is 4.95. The lowest BCUT2D eigenvalue weighted by Gasteiger charge is -2.28. The smallest absolute Gasteiger partial charge is 0.247 e. The molecule has 0 saturated heterocycles. The van der Waals surface area contributed by atoms with Gasteiger partial charge in [-0.3, -0.25) is 9.10 Å². The van der Waals surface area contributed by atoms with Gasteiger partial charge in [0.25, 0.3) is 0 Å². The monoisotopic (exact) mass is 366 g/mol. The number of halogens is 1. The van der Waals surface area contributed by atoms with Gasteiger partial charge in [-0.05, 0) is 44.2 Å². The first-order valence-electron chi connectivity index (χ1n) is 7.31. The van der Waals surface area contributed by atoms with E-state index in [4.69, 9.17) is 11.6 Å². The quantitative estimate of drug-likeness (QED) is 0.881. The standard InChI is InChI=1S/C17H19ClN2O3S/c1-12-7-9-16(10-8-12)20(24(3,22)23)13(2)17(21)19-15-6-4-5-14(18)11-15/h4-11,13H,1-3H3,(H,19,21)/t13-/m0/s1. The fraction of sp³-hybridized carbons (Fsp3) is 0.235. The number of sulfonamides is 1. The van der Waals surface area contributed by atoms with E-state index in [1.807, 2.05) is 6.92 Å². The Bertz CT molecular complexity index is 835. The number of aryl methyl sites for hydroxylation is 1. The maximum Gasteiger partial charge on any atom is 0.247 e. The number of rotatable bonds is 5. The van der Waals surface area contributed by atoms with Gasteiger partial charge in [0.1, 0.15) is 6.04 Å². The second kappa shape index (κ2) is 7.23. The summed E-state index contributed by atoms with van der Waals surface area (Å²) in [4.78, 5) is 12.5. The van der Waals surface area contributed by atoms with Crippen molar-refractivity contribution in [1.82, 2.24) is 0 Å². The van der Waals surface area contributed by atoms with Crippen LogP contribution in [0, 0.1) is 6.92 Å². The number of nitrogens with zero attached hydrogens (tertiary/aromatic N) is 1. The van der Waals surface area contributed by atoms with E-state index in [1.54, 1.807) is 55.5 Å². The van der Waals surface area contributed by atoms with Crippen LogP contribution in [0.4, 0.5) is 11.4 Å². The van der Waals surface area contributed by atoms with Gasteiger partial charge in [-0.25, -0.2) is 8.42 Å². The molecule has 0 radical (unpaired) electrons. The molecular formula is C17H19ClN2O3S. The van der Waals surface area contributed by atoms with Gasteiger partial charge in [-0.2, -0.15) is 0 Å². The van der Waals surface area contributed by atoms with Crippen molar-refractivity contribution in [3.05, 3.63) is 59.1 Å². The molecule has 0 heterocycles. The summed E-state index contributed by atoms with van der Waals surface area (Å²) in [6.45, 7) is 3.45. The van der Waals surface area contributed by atoms with Crippen LogP contribution in [-0.4, -0.2) is 26.6 Å². The van der Waals surface area contributed by atoms with Crippen LogP contribution in [0.25, 0.3) is 0 Å². The van der Waals surface area contributed by atoms with Crippen LogP contribution in [0.2, 0.25) is 5.02 Å². The van der Waals surface area contributed by atoms with Crippen LogP contribution < -0.4 is 9.62 Å². The molecule has 24 heavy (non-hydrogen) atoms. The number of hydrogen-bond acceptors (Lipinski definition) is 3. The van der Waals surface area contributed by atoms with Crippen LogP contribution in [0.1, 0.15) is 12.5 Å². The summed E-state index contributed by atoms with van der Waals surface area (Å²) in [5, 5.41) is 3.17. The summed E-state index contributed by atoms with van der Waals surface area (Å²) in [6.07, 6.45) is 1.08. The maximum atomic E-state index is 12.5. The molecule has 0 aliphatic rings. The van der Waals surface area contributed by atoms with Crippen molar-refractivity contribution in [2.75, 3.05) is 15.9 Å². The second-order valence-electron chi connectivity index (χ2n) is 5.57. The molecule has 5 nitrogen and oxygen atoms in total. The lowest BCUT2D eigenvalue weighted by molar-refractivity contribution is -0.116. The third kappa shape index (κ3) is 4.49. The van der Waals surface area contributed by atoms with Gasteiger partial charge >= 0.3 is 0 Å². The Balaban J connectivity index is 2.29. The maximum absolute atomic E-state index is 12.5. The van der Waals surface area contributed by atoms with Crippen molar-refractivity contribution in [3.8, 4) is 0 Å². The Morgan fingerprint density at radius 2 is 1.79 bits per heavy atom. The van der Waals surface area contributed by atoms with Gasteiger partial charge in [0.05, 0.1) is 11.9 Å². The van der Waals surface area contributed by atoms with E-state index in [9.17, 15) is 13.2 Å². The third-order valence-electron chi connectivity index (χ3n) is 3.47. The van der Waals surface area contributed by atoms with Crippen LogP contribution in [0.3, 0.4) is 0 Å². The Hall–Kier alpha value is -2.05. The summed E-state index contributed by atoms with van der Waals surface area (Å²) in [5.41, 5.74) is 1.96. The fourth-order valence-electron chi connectivity index (χ4n) is 2.31. The minimum absolute atomic E-state index is 0.441. The molecule has 0 saturated carbocycles. The van der Waals surface area contributed by atoms with Gasteiger partial charge in [-0.1, -0.05) is 35.4 Å². The van der Waals surface area contributed by atoms with E-state index in [2.05, 4.69) is 5.32 Å². The number of amides is 1. The van der Waals surface area contributed by atoms with E-state index in [0.717, 1.165) is 16.1 Å². The topological polar surface area (TPSA) is 66.5 Å². The summed E-state index contributed by atoms with van der Waals surface area (Å²) >= 11 is 5.90. The highest BCUT2D eigenvalue weighted by molar-refractivity contribution is 7.92. The SMILES string of the molecule is Cc1ccc(N([C@@H](C)C(=O)Nc2cccc(Cl)c2)S(C)(=O)=O)cc1. The Morgan fingerprint density at radius 3 is 2.33 bits per heavy atom. The molecule has 0 aromatic heterocycles. The molecule has 2 aromatic rings. The summed E-state index contributed by atoms with van der Waals surface area (Å²) in [6, 6.07) is 12.7. The van der Waals surface area contributed by atoms with Crippen molar-refractivity contribution in [3.63, 3.8) is 0 Å². The molecule has 1 amide bonds. The molecule has 0 fully saturated rings. The zero-order valence-electron chi connectivity index (χ0n) is 13.7. The van der Waals surface area contributed by atoms with Crippen molar-refractivity contribution < 1.29 is 13.2 Å². The lowest BCUT2D eigenvalue weighted by atomic mass is 10.2. The van der Waals surface area contributed by atoms with Gasteiger partial charge < -0.3 is 5.32 Å². The molecule has 0 spiro atoms. The highest BCUT2D eigenvalue weighted by Crippen LogP contribution is 2.22. The number of nitrogens with one attached hydrogen (secondary N) is 1. The average molecular weight is 367 g/mol. The van der Waals surface area contributed by atoms with E-state index >= 15 is 0 Å². The minimum Gasteiger partial charge on any atom is -0.324 e. The normalized spacial score (nSPS) is 12.5. The van der Waals surface area contributed by atoms with E-state index < -0.39 is 22.0 Å². The van der Waals surface area contributed by atoms with Gasteiger partial charge in [0, 0.05) is 10.7 Å². The highest BCUT2D eigenvalue weighted by atomic mass is 35.5. The zero-order chi connectivity index (χ0) is 17.9. The van der Waals surface area contributed by atoms with E-state index in [1.165, 1.54) is 0 Å². The molecule has 0 aliphatic carbocycles. The minimum atomic E-state index is -3.63. The van der Waals surface area contributed by atoms with Crippen LogP contribution in [0.5, 0.6) is 0 Å². The molecule has 2 rings (SSSR count). The number of hydrogen-bond donors (Lipinski definition) is 1. The summed E-state index contributed by atoms with van der Waals surface area (Å²) < 4.78 is 25.5. The van der Waals surface area contributed by atoms with Gasteiger partial charge in [-0.15, -0.1) is 0 Å². The van der Waals surface area contributed by atoms with Crippen LogP contribution in [0.15, 0.2) is 48.5 Å². The highest BCUT2D eigenvalue weighted by Gasteiger charge is 2.29. The molecule has 2 aromatic carbocycles. The molecule has 0 bridgehead atoms. The van der Waals surface area contributed by atoms with Crippen molar-refractivity contribution in [2.45, 2.75) is 19.9 Å². The molecule has 1 atom stereocenters. The first kappa shape index (κ1) is 18.3. The molecular weight excluding hydrogens is 348 g/mol. The van der Waals surface area contributed by atoms with Gasteiger partial charge in [0.2, 0.25) is 15.9 Å². The first-order valence-corrected chi connectivity index (χ1v) is 9.53. The van der Waals surface area contributed by atoms with Crippen molar-refractivity contribution in [1.29, 1.82) is 0 Å². The van der Waals surface area contributed by atoms with Crippen molar-refractivity contribution in [2.24, 2.45) is 0 Å². The van der Waals surface area contributed by atoms with Gasteiger partial charge in [0.15, 0.2) is 0 Å². The molecule has 1 N–H and O–H groups in total. The summed E-state index contributed by atoms with van der Waals surface area (Å²) in [7, 11) is -3.63. The predicted octanol–water partition coefficient (Wildman–Crippen LogP) is 3.44. The number of carbonyl (C=O) groups excluding carboxylic acids is 1. The van der Waals surface area contributed by atoms with E-state index in [0.29, 0.717) is 16.4 Å². The fourth-order valence-corrected chi connectivity index (χ4v) is 3.68. The van der Waals surface area contributed by atoms with E-state index in [-0.39, 0.29) is 0 Å². The molecule has 0 unspecified atom stereocenters. The average Bonchev–Trinajstić information content (AvgIpc) is 2.48. The Labute approximate surface area is 147 Å². The van der Waals surface area contributed by atoms with Crippen LogP contribution >= 0.6 is 11.6 Å². The molecule has 128 valence electrons. The lowest BCUT2D eigenvalue weighted by Crippen LogP contribution is -2.45. The molecule has 7 heteroatoms. The number of carbonyl (C=O) groups is 1. The van der Waals surface area contributed by atoms with Crippen LogP contribution in [-0.2, 0) is 14.8 Å². The molecule has 0 aliphatic heterocycles. The Kier molecular flexibility index (Phi) is 5.51. The zero-order valence-corrected chi connectivity index (χ0v) is 15.2. The first-order chi connectivity index (χ1) is 11.2. The van der Waals surface area contributed by atoms with Crippen molar-refractivity contribution >= 4 is 38.9 Å². The second-order valence-corrected chi connectivity index (χ2v) is 7.87. The number of benzene rings is 2. The Morgan fingerprint density at radius 1 is 1.17 bits per heavy atom. The summed E-state index contributed by atoms with van der Waals surface area (Å²) in [5.74, 6) is -0.441.